The Balaban J connectivity index is 2.03. The van der Waals surface area contributed by atoms with Gasteiger partial charge < -0.3 is 4.74 Å². The maximum absolute atomic E-state index is 5.48. The summed E-state index contributed by atoms with van der Waals surface area (Å²) >= 11 is 3.34. The second-order valence-corrected chi connectivity index (χ2v) is 4.11. The van der Waals surface area contributed by atoms with Crippen molar-refractivity contribution in [2.75, 3.05) is 0 Å². The molecule has 2 aromatic rings. The maximum Gasteiger partial charge on any atom is 0.321 e. The molecule has 0 amide bonds. The molecule has 0 bridgehead atoms. The molecule has 0 unspecified atom stereocenters. The molecule has 0 spiro atoms. The summed E-state index contributed by atoms with van der Waals surface area (Å²) in [6.07, 6.45) is 8.00. The van der Waals surface area contributed by atoms with Crippen LogP contribution in [-0.4, -0.2) is 19.7 Å². The number of hydrogen-bond donors (Lipinski definition) is 0. The van der Waals surface area contributed by atoms with Gasteiger partial charge in [-0.1, -0.05) is 22.9 Å². The van der Waals surface area contributed by atoms with Crippen LogP contribution < -0.4 is 4.74 Å². The number of aromatic nitrogens is 4. The summed E-state index contributed by atoms with van der Waals surface area (Å²) in [6, 6.07) is 0.339. The van der Waals surface area contributed by atoms with Crippen LogP contribution >= 0.6 is 15.9 Å². The first kappa shape index (κ1) is 12.0. The SMILES string of the molecule is CCCn1cc(Oc2ncc(CBr)cn2)cn1. The average Bonchev–Trinajstić information content (AvgIpc) is 2.78. The van der Waals surface area contributed by atoms with Gasteiger partial charge in [0, 0.05) is 24.3 Å². The van der Waals surface area contributed by atoms with E-state index in [0.29, 0.717) is 11.8 Å². The largest absolute Gasteiger partial charge is 0.421 e. The molecule has 2 aromatic heterocycles. The molecule has 17 heavy (non-hydrogen) atoms. The van der Waals surface area contributed by atoms with Crippen molar-refractivity contribution in [2.45, 2.75) is 25.2 Å². The van der Waals surface area contributed by atoms with Crippen molar-refractivity contribution in [3.05, 3.63) is 30.4 Å². The molecule has 0 saturated carbocycles. The van der Waals surface area contributed by atoms with Crippen molar-refractivity contribution >= 4 is 15.9 Å². The third kappa shape index (κ3) is 3.26. The fraction of sp³-hybridized carbons (Fsp3) is 0.364. The van der Waals surface area contributed by atoms with Gasteiger partial charge in [0.15, 0.2) is 5.75 Å². The Hall–Kier alpha value is -1.43. The molecule has 0 aliphatic carbocycles. The minimum absolute atomic E-state index is 0.339. The van der Waals surface area contributed by atoms with E-state index in [0.717, 1.165) is 23.9 Å². The number of halogens is 1. The lowest BCUT2D eigenvalue weighted by molar-refractivity contribution is 0.440. The van der Waals surface area contributed by atoms with E-state index in [1.165, 1.54) is 0 Å². The van der Waals surface area contributed by atoms with Crippen LogP contribution in [0.15, 0.2) is 24.8 Å². The minimum atomic E-state index is 0.339. The van der Waals surface area contributed by atoms with Crippen molar-refractivity contribution in [2.24, 2.45) is 0 Å². The Labute approximate surface area is 108 Å². The van der Waals surface area contributed by atoms with Gasteiger partial charge in [0.2, 0.25) is 0 Å². The van der Waals surface area contributed by atoms with Crippen LogP contribution in [0, 0.1) is 0 Å². The summed E-state index contributed by atoms with van der Waals surface area (Å²) < 4.78 is 7.32. The number of rotatable bonds is 5. The Kier molecular flexibility index (Phi) is 4.08. The molecular formula is C11H13BrN4O. The predicted molar refractivity (Wildman–Crippen MR) is 67.3 cm³/mol. The molecule has 6 heteroatoms. The molecule has 0 N–H and O–H groups in total. The fourth-order valence-corrected chi connectivity index (χ4v) is 1.61. The van der Waals surface area contributed by atoms with Crippen LogP contribution in [0.2, 0.25) is 0 Å². The van der Waals surface area contributed by atoms with Crippen molar-refractivity contribution in [1.29, 1.82) is 0 Å². The van der Waals surface area contributed by atoms with Crippen LogP contribution in [0.25, 0.3) is 0 Å². The molecule has 0 radical (unpaired) electrons. The Bertz CT molecular complexity index is 469. The number of nitrogens with zero attached hydrogens (tertiary/aromatic N) is 4. The molecule has 5 nitrogen and oxygen atoms in total. The Morgan fingerprint density at radius 2 is 2.06 bits per heavy atom. The van der Waals surface area contributed by atoms with Crippen LogP contribution in [0.4, 0.5) is 0 Å². The van der Waals surface area contributed by atoms with Crippen molar-refractivity contribution in [3.63, 3.8) is 0 Å². The van der Waals surface area contributed by atoms with Gasteiger partial charge in [-0.05, 0) is 12.0 Å². The van der Waals surface area contributed by atoms with Crippen LogP contribution in [0.1, 0.15) is 18.9 Å². The van der Waals surface area contributed by atoms with Crippen LogP contribution in [-0.2, 0) is 11.9 Å². The molecular weight excluding hydrogens is 284 g/mol. The van der Waals surface area contributed by atoms with Gasteiger partial charge in [0.05, 0.1) is 12.4 Å². The van der Waals surface area contributed by atoms with Gasteiger partial charge in [0.25, 0.3) is 0 Å². The van der Waals surface area contributed by atoms with E-state index in [1.807, 2.05) is 10.9 Å². The minimum Gasteiger partial charge on any atom is -0.421 e. The van der Waals surface area contributed by atoms with E-state index in [9.17, 15) is 0 Å². The normalized spacial score (nSPS) is 10.5. The summed E-state index contributed by atoms with van der Waals surface area (Å²) in [7, 11) is 0. The van der Waals surface area contributed by atoms with E-state index in [-0.39, 0.29) is 0 Å². The highest BCUT2D eigenvalue weighted by Crippen LogP contribution is 2.16. The van der Waals surface area contributed by atoms with Crippen LogP contribution in [0.3, 0.4) is 0 Å². The third-order valence-electron chi connectivity index (χ3n) is 2.11. The Morgan fingerprint density at radius 3 is 2.71 bits per heavy atom. The topological polar surface area (TPSA) is 52.8 Å². The van der Waals surface area contributed by atoms with Gasteiger partial charge in [-0.15, -0.1) is 0 Å². The van der Waals surface area contributed by atoms with Gasteiger partial charge in [-0.25, -0.2) is 9.97 Å². The van der Waals surface area contributed by atoms with E-state index in [2.05, 4.69) is 37.9 Å². The van der Waals surface area contributed by atoms with Gasteiger partial charge in [-0.3, -0.25) is 4.68 Å². The van der Waals surface area contributed by atoms with Crippen molar-refractivity contribution in [3.8, 4) is 11.8 Å². The lowest BCUT2D eigenvalue weighted by atomic mass is 10.4. The van der Waals surface area contributed by atoms with E-state index >= 15 is 0 Å². The van der Waals surface area contributed by atoms with Crippen LogP contribution in [0.5, 0.6) is 11.8 Å². The molecule has 2 rings (SSSR count). The molecule has 0 saturated heterocycles. The number of ether oxygens (including phenoxy) is 1. The van der Waals surface area contributed by atoms with Crippen molar-refractivity contribution in [1.82, 2.24) is 19.7 Å². The lowest BCUT2D eigenvalue weighted by Gasteiger charge is -2.00. The summed E-state index contributed by atoms with van der Waals surface area (Å²) in [5, 5.41) is 4.90. The zero-order valence-electron chi connectivity index (χ0n) is 9.51. The summed E-state index contributed by atoms with van der Waals surface area (Å²) in [5.74, 6) is 0.657. The molecule has 0 atom stereocenters. The third-order valence-corrected chi connectivity index (χ3v) is 2.75. The number of alkyl halides is 1. The first-order chi connectivity index (χ1) is 8.31. The second kappa shape index (κ2) is 5.77. The highest BCUT2D eigenvalue weighted by Gasteiger charge is 2.03. The standard InChI is InChI=1S/C11H13BrN4O/c1-2-3-16-8-10(7-15-16)17-11-13-5-9(4-12)6-14-11/h5-8H,2-4H2,1H3. The fourth-order valence-electron chi connectivity index (χ4n) is 1.32. The summed E-state index contributed by atoms with van der Waals surface area (Å²) in [6.45, 7) is 2.98. The zero-order chi connectivity index (χ0) is 12.1. The number of aryl methyl sites for hydroxylation is 1. The quantitative estimate of drug-likeness (QED) is 0.796. The van der Waals surface area contributed by atoms with E-state index < -0.39 is 0 Å². The Morgan fingerprint density at radius 1 is 1.29 bits per heavy atom. The predicted octanol–water partition coefficient (Wildman–Crippen LogP) is 2.77. The molecule has 2 heterocycles. The first-order valence-corrected chi connectivity index (χ1v) is 6.51. The molecule has 0 aliphatic heterocycles. The zero-order valence-corrected chi connectivity index (χ0v) is 11.1. The lowest BCUT2D eigenvalue weighted by Crippen LogP contribution is -1.95. The smallest absolute Gasteiger partial charge is 0.321 e. The average molecular weight is 297 g/mol. The highest BCUT2D eigenvalue weighted by molar-refractivity contribution is 9.08. The summed E-state index contributed by atoms with van der Waals surface area (Å²) in [4.78, 5) is 8.20. The van der Waals surface area contributed by atoms with E-state index in [1.54, 1.807) is 18.6 Å². The van der Waals surface area contributed by atoms with Gasteiger partial charge in [0.1, 0.15) is 0 Å². The molecule has 90 valence electrons. The molecule has 0 aliphatic rings. The maximum atomic E-state index is 5.48. The van der Waals surface area contributed by atoms with Gasteiger partial charge >= 0.3 is 6.01 Å². The second-order valence-electron chi connectivity index (χ2n) is 3.55. The van der Waals surface area contributed by atoms with Crippen molar-refractivity contribution < 1.29 is 4.74 Å². The number of hydrogen-bond acceptors (Lipinski definition) is 4. The van der Waals surface area contributed by atoms with E-state index in [4.69, 9.17) is 4.74 Å². The monoisotopic (exact) mass is 296 g/mol. The highest BCUT2D eigenvalue weighted by atomic mass is 79.9. The molecule has 0 fully saturated rings. The first-order valence-electron chi connectivity index (χ1n) is 5.39. The summed E-state index contributed by atoms with van der Waals surface area (Å²) in [5.41, 5.74) is 1.01. The molecule has 0 aromatic carbocycles. The van der Waals surface area contributed by atoms with Gasteiger partial charge in [-0.2, -0.15) is 5.10 Å².